The number of carbonyl (C=O) groups is 3. The molecule has 1 aliphatic heterocycles. The Morgan fingerprint density at radius 3 is 2.56 bits per heavy atom. The molecular weight excluding hydrogens is 240 g/mol. The van der Waals surface area contributed by atoms with Crippen LogP contribution in [0.25, 0.3) is 0 Å². The van der Waals surface area contributed by atoms with Crippen molar-refractivity contribution in [3.05, 3.63) is 0 Å². The summed E-state index contributed by atoms with van der Waals surface area (Å²) in [6, 6.07) is 0. The summed E-state index contributed by atoms with van der Waals surface area (Å²) >= 11 is 0. The van der Waals surface area contributed by atoms with Crippen LogP contribution in [0.1, 0.15) is 39.5 Å². The van der Waals surface area contributed by atoms with Crippen LogP contribution in [-0.4, -0.2) is 36.7 Å². The molecule has 1 rings (SSSR count). The first kappa shape index (κ1) is 14.5. The highest BCUT2D eigenvalue weighted by molar-refractivity contribution is 6.02. The maximum absolute atomic E-state index is 11.5. The van der Waals surface area contributed by atoms with Gasteiger partial charge in [-0.25, -0.2) is 14.4 Å². The van der Waals surface area contributed by atoms with Crippen LogP contribution >= 0.6 is 0 Å². The molecule has 0 amide bonds. The summed E-state index contributed by atoms with van der Waals surface area (Å²) < 4.78 is 14.2. The van der Waals surface area contributed by atoms with Crippen molar-refractivity contribution in [2.75, 3.05) is 6.61 Å². The molecule has 0 aliphatic carbocycles. The number of hydrogen-bond acceptors (Lipinski definition) is 6. The number of rotatable bonds is 6. The predicted octanol–water partition coefficient (Wildman–Crippen LogP) is 0.967. The second kappa shape index (κ2) is 6.98. The third-order valence-corrected chi connectivity index (χ3v) is 2.53. The number of esters is 3. The summed E-state index contributed by atoms with van der Waals surface area (Å²) in [6.45, 7) is 3.67. The fourth-order valence-corrected chi connectivity index (χ4v) is 1.47. The molecule has 2 unspecified atom stereocenters. The Bertz CT molecular complexity index is 325. The number of hydrogen-bond donors (Lipinski definition) is 0. The van der Waals surface area contributed by atoms with Gasteiger partial charge in [-0.15, -0.1) is 0 Å². The van der Waals surface area contributed by atoms with Gasteiger partial charge in [-0.1, -0.05) is 26.2 Å². The molecule has 2 atom stereocenters. The molecular formula is C12H18O6. The van der Waals surface area contributed by atoms with Crippen LogP contribution in [0.5, 0.6) is 0 Å². The molecule has 0 saturated carbocycles. The van der Waals surface area contributed by atoms with E-state index in [0.717, 1.165) is 25.7 Å². The topological polar surface area (TPSA) is 78.9 Å². The Kier molecular flexibility index (Phi) is 5.61. The van der Waals surface area contributed by atoms with Crippen molar-refractivity contribution in [2.45, 2.75) is 51.7 Å². The van der Waals surface area contributed by atoms with E-state index in [2.05, 4.69) is 16.4 Å². The molecule has 1 heterocycles. The standard InChI is InChI=1S/C12H18O6/c1-3-4-5-6-7-16-11(14)9-12(15)17-8(2)10(13)18-9/h8-9H,3-7H2,1-2H3. The third-order valence-electron chi connectivity index (χ3n) is 2.53. The molecule has 0 aromatic carbocycles. The van der Waals surface area contributed by atoms with Gasteiger partial charge in [0.25, 0.3) is 6.10 Å². The van der Waals surface area contributed by atoms with Crippen LogP contribution < -0.4 is 0 Å². The zero-order chi connectivity index (χ0) is 13.5. The lowest BCUT2D eigenvalue weighted by molar-refractivity contribution is -0.200. The summed E-state index contributed by atoms with van der Waals surface area (Å²) in [5, 5.41) is 0. The molecule has 102 valence electrons. The average molecular weight is 258 g/mol. The lowest BCUT2D eigenvalue weighted by Crippen LogP contribution is -2.47. The van der Waals surface area contributed by atoms with E-state index in [-0.39, 0.29) is 6.61 Å². The van der Waals surface area contributed by atoms with E-state index in [1.807, 2.05) is 0 Å². The number of carbonyl (C=O) groups excluding carboxylic acids is 3. The van der Waals surface area contributed by atoms with E-state index >= 15 is 0 Å². The van der Waals surface area contributed by atoms with Crippen molar-refractivity contribution in [3.63, 3.8) is 0 Å². The Balaban J connectivity index is 2.32. The second-order valence-corrected chi connectivity index (χ2v) is 4.12. The number of cyclic esters (lactones) is 2. The van der Waals surface area contributed by atoms with Crippen molar-refractivity contribution in [1.29, 1.82) is 0 Å². The minimum Gasteiger partial charge on any atom is -0.462 e. The Morgan fingerprint density at radius 1 is 1.17 bits per heavy atom. The molecule has 1 saturated heterocycles. The van der Waals surface area contributed by atoms with Gasteiger partial charge in [-0.05, 0) is 13.3 Å². The minimum atomic E-state index is -1.57. The van der Waals surface area contributed by atoms with Crippen LogP contribution in [0.3, 0.4) is 0 Å². The second-order valence-electron chi connectivity index (χ2n) is 4.12. The van der Waals surface area contributed by atoms with Crippen molar-refractivity contribution in [1.82, 2.24) is 0 Å². The summed E-state index contributed by atoms with van der Waals surface area (Å²) in [6.07, 6.45) is 1.29. The van der Waals surface area contributed by atoms with Crippen LogP contribution in [0.2, 0.25) is 0 Å². The summed E-state index contributed by atoms with van der Waals surface area (Å²) in [5.41, 5.74) is 0. The van der Waals surface area contributed by atoms with Crippen LogP contribution in [0.15, 0.2) is 0 Å². The molecule has 1 fully saturated rings. The molecule has 0 bridgehead atoms. The van der Waals surface area contributed by atoms with Gasteiger partial charge in [-0.3, -0.25) is 0 Å². The molecule has 0 aromatic heterocycles. The van der Waals surface area contributed by atoms with Crippen LogP contribution in [-0.2, 0) is 28.6 Å². The summed E-state index contributed by atoms with van der Waals surface area (Å²) in [4.78, 5) is 34.0. The zero-order valence-corrected chi connectivity index (χ0v) is 10.6. The van der Waals surface area contributed by atoms with Gasteiger partial charge in [0, 0.05) is 0 Å². The van der Waals surface area contributed by atoms with E-state index in [4.69, 9.17) is 4.74 Å². The molecule has 0 spiro atoms. The molecule has 0 aromatic rings. The van der Waals surface area contributed by atoms with Crippen molar-refractivity contribution < 1.29 is 28.6 Å². The quantitative estimate of drug-likeness (QED) is 0.306. The van der Waals surface area contributed by atoms with Crippen LogP contribution in [0.4, 0.5) is 0 Å². The van der Waals surface area contributed by atoms with Gasteiger partial charge in [0.1, 0.15) is 0 Å². The van der Waals surface area contributed by atoms with Crippen molar-refractivity contribution in [2.24, 2.45) is 0 Å². The molecule has 6 heteroatoms. The fraction of sp³-hybridized carbons (Fsp3) is 0.750. The molecule has 1 aliphatic rings. The zero-order valence-electron chi connectivity index (χ0n) is 10.6. The van der Waals surface area contributed by atoms with Gasteiger partial charge in [0.15, 0.2) is 6.10 Å². The van der Waals surface area contributed by atoms with E-state index in [9.17, 15) is 14.4 Å². The largest absolute Gasteiger partial charge is 0.462 e. The lowest BCUT2D eigenvalue weighted by Gasteiger charge is -2.23. The Labute approximate surface area is 106 Å². The highest BCUT2D eigenvalue weighted by Crippen LogP contribution is 2.12. The Hall–Kier alpha value is -1.59. The van der Waals surface area contributed by atoms with Gasteiger partial charge in [-0.2, -0.15) is 0 Å². The third kappa shape index (κ3) is 4.01. The molecule has 6 nitrogen and oxygen atoms in total. The monoisotopic (exact) mass is 258 g/mol. The fourth-order valence-electron chi connectivity index (χ4n) is 1.47. The average Bonchev–Trinajstić information content (AvgIpc) is 2.33. The SMILES string of the molecule is CCCCCCOC(=O)C1OC(=O)C(C)OC1=O. The van der Waals surface area contributed by atoms with E-state index in [1.54, 1.807) is 0 Å². The van der Waals surface area contributed by atoms with Gasteiger partial charge >= 0.3 is 17.9 Å². The van der Waals surface area contributed by atoms with Gasteiger partial charge in [0.05, 0.1) is 6.61 Å². The highest BCUT2D eigenvalue weighted by atomic mass is 16.7. The minimum absolute atomic E-state index is 0.218. The van der Waals surface area contributed by atoms with E-state index in [1.165, 1.54) is 6.92 Å². The van der Waals surface area contributed by atoms with Crippen molar-refractivity contribution >= 4 is 17.9 Å². The van der Waals surface area contributed by atoms with E-state index in [0.29, 0.717) is 0 Å². The normalized spacial score (nSPS) is 23.2. The summed E-state index contributed by atoms with van der Waals surface area (Å²) in [5.74, 6) is -2.47. The Morgan fingerprint density at radius 2 is 1.89 bits per heavy atom. The first-order valence-corrected chi connectivity index (χ1v) is 6.14. The molecule has 0 radical (unpaired) electrons. The van der Waals surface area contributed by atoms with E-state index < -0.39 is 30.1 Å². The summed E-state index contributed by atoms with van der Waals surface area (Å²) in [7, 11) is 0. The maximum atomic E-state index is 11.5. The van der Waals surface area contributed by atoms with Gasteiger partial charge < -0.3 is 14.2 Å². The van der Waals surface area contributed by atoms with Crippen molar-refractivity contribution in [3.8, 4) is 0 Å². The lowest BCUT2D eigenvalue weighted by atomic mass is 10.2. The molecule has 0 N–H and O–H groups in total. The smallest absolute Gasteiger partial charge is 0.360 e. The maximum Gasteiger partial charge on any atom is 0.360 e. The predicted molar refractivity (Wildman–Crippen MR) is 60.5 cm³/mol. The first-order chi connectivity index (χ1) is 8.56. The van der Waals surface area contributed by atoms with Crippen LogP contribution in [0, 0.1) is 0 Å². The van der Waals surface area contributed by atoms with Gasteiger partial charge in [0.2, 0.25) is 0 Å². The number of ether oxygens (including phenoxy) is 3. The first-order valence-electron chi connectivity index (χ1n) is 6.14. The number of unbranched alkanes of at least 4 members (excludes halogenated alkanes) is 3. The molecule has 18 heavy (non-hydrogen) atoms. The highest BCUT2D eigenvalue weighted by Gasteiger charge is 2.41.